The molecule has 3 aromatic rings. The molecule has 8 nitrogen and oxygen atoms in total. The summed E-state index contributed by atoms with van der Waals surface area (Å²) in [5, 5.41) is 5.69. The lowest BCUT2D eigenvalue weighted by molar-refractivity contribution is 0.122. The molecule has 9 heteroatoms. The second-order valence-electron chi connectivity index (χ2n) is 7.71. The maximum absolute atomic E-state index is 5.53. The van der Waals surface area contributed by atoms with E-state index in [0.29, 0.717) is 0 Å². The number of fused-ring (bicyclic) bond motifs is 1. The Morgan fingerprint density at radius 2 is 1.86 bits per heavy atom. The van der Waals surface area contributed by atoms with Crippen molar-refractivity contribution < 1.29 is 4.74 Å². The molecule has 154 valence electrons. The molecular formula is C20H27N7OS. The Morgan fingerprint density at radius 1 is 1.07 bits per heavy atom. The summed E-state index contributed by atoms with van der Waals surface area (Å²) in [7, 11) is 0. The first-order valence-corrected chi connectivity index (χ1v) is 11.1. The fourth-order valence-corrected chi connectivity index (χ4v) is 5.05. The molecule has 0 bridgehead atoms. The number of piperazine rings is 1. The molecule has 2 saturated heterocycles. The van der Waals surface area contributed by atoms with Gasteiger partial charge in [-0.3, -0.25) is 9.47 Å². The van der Waals surface area contributed by atoms with Gasteiger partial charge in [0.05, 0.1) is 29.1 Å². The highest BCUT2D eigenvalue weighted by atomic mass is 32.1. The molecule has 2 fully saturated rings. The van der Waals surface area contributed by atoms with Gasteiger partial charge < -0.3 is 15.0 Å². The van der Waals surface area contributed by atoms with Gasteiger partial charge in [-0.15, -0.1) is 11.3 Å². The molecule has 0 unspecified atom stereocenters. The summed E-state index contributed by atoms with van der Waals surface area (Å²) in [6, 6.07) is 0. The summed E-state index contributed by atoms with van der Waals surface area (Å²) < 4.78 is 8.77. The predicted octanol–water partition coefficient (Wildman–Crippen LogP) is 1.74. The third-order valence-electron chi connectivity index (χ3n) is 5.59. The smallest absolute Gasteiger partial charge is 0.228 e. The molecule has 0 amide bonds. The molecule has 29 heavy (non-hydrogen) atoms. The number of hydrogen-bond acceptors (Lipinski definition) is 8. The zero-order chi connectivity index (χ0) is 19.8. The highest BCUT2D eigenvalue weighted by Gasteiger charge is 2.22. The van der Waals surface area contributed by atoms with Crippen LogP contribution < -0.4 is 10.2 Å². The van der Waals surface area contributed by atoms with Crippen molar-refractivity contribution in [1.29, 1.82) is 0 Å². The van der Waals surface area contributed by atoms with E-state index in [4.69, 9.17) is 14.7 Å². The van der Waals surface area contributed by atoms with E-state index in [1.54, 1.807) is 11.3 Å². The quantitative estimate of drug-likeness (QED) is 0.698. The van der Waals surface area contributed by atoms with Gasteiger partial charge in [-0.1, -0.05) is 0 Å². The number of nitrogens with one attached hydrogen (secondary N) is 1. The second-order valence-corrected chi connectivity index (χ2v) is 8.59. The van der Waals surface area contributed by atoms with Crippen LogP contribution in [0.15, 0.2) is 11.6 Å². The Hall–Kier alpha value is -2.07. The van der Waals surface area contributed by atoms with Gasteiger partial charge in [-0.25, -0.2) is 9.97 Å². The summed E-state index contributed by atoms with van der Waals surface area (Å²) in [5.74, 6) is 2.68. The molecule has 2 aliphatic rings. The van der Waals surface area contributed by atoms with Gasteiger partial charge in [0.15, 0.2) is 5.82 Å². The largest absolute Gasteiger partial charge is 0.378 e. The topological polar surface area (TPSA) is 71.3 Å². The van der Waals surface area contributed by atoms with Gasteiger partial charge in [0.2, 0.25) is 5.95 Å². The summed E-state index contributed by atoms with van der Waals surface area (Å²) in [6.45, 7) is 12.3. The first-order valence-electron chi connectivity index (χ1n) is 10.3. The van der Waals surface area contributed by atoms with Crippen LogP contribution in [-0.2, 0) is 11.3 Å². The van der Waals surface area contributed by atoms with E-state index in [2.05, 4.69) is 36.2 Å². The molecule has 5 heterocycles. The zero-order valence-electron chi connectivity index (χ0n) is 17.0. The molecule has 3 aromatic heterocycles. The van der Waals surface area contributed by atoms with Crippen molar-refractivity contribution in [1.82, 2.24) is 29.7 Å². The monoisotopic (exact) mass is 413 g/mol. The summed E-state index contributed by atoms with van der Waals surface area (Å²) in [4.78, 5) is 19.4. The fourth-order valence-electron chi connectivity index (χ4n) is 4.06. The molecular weight excluding hydrogens is 386 g/mol. The maximum Gasteiger partial charge on any atom is 0.228 e. The van der Waals surface area contributed by atoms with Crippen LogP contribution in [0.4, 0.5) is 5.95 Å². The second kappa shape index (κ2) is 7.98. The first kappa shape index (κ1) is 18.9. The van der Waals surface area contributed by atoms with Crippen molar-refractivity contribution in [2.24, 2.45) is 0 Å². The number of aryl methyl sites for hydroxylation is 2. The molecule has 0 atom stereocenters. The van der Waals surface area contributed by atoms with Crippen molar-refractivity contribution in [3.05, 3.63) is 28.7 Å². The lowest BCUT2D eigenvalue weighted by Gasteiger charge is -2.28. The fraction of sp³-hybridized carbons (Fsp3) is 0.550. The average Bonchev–Trinajstić information content (AvgIpc) is 3.31. The predicted molar refractivity (Wildman–Crippen MR) is 115 cm³/mol. The Morgan fingerprint density at radius 3 is 2.59 bits per heavy atom. The van der Waals surface area contributed by atoms with Crippen molar-refractivity contribution >= 4 is 27.5 Å². The Bertz CT molecular complexity index is 1000. The summed E-state index contributed by atoms with van der Waals surface area (Å²) in [5.41, 5.74) is 3.37. The van der Waals surface area contributed by atoms with Crippen LogP contribution in [-0.4, -0.2) is 76.9 Å². The molecule has 0 aliphatic carbocycles. The molecule has 0 aromatic carbocycles. The highest BCUT2D eigenvalue weighted by molar-refractivity contribution is 7.17. The maximum atomic E-state index is 5.53. The lowest BCUT2D eigenvalue weighted by Crippen LogP contribution is -2.42. The van der Waals surface area contributed by atoms with Gasteiger partial charge in [-0.05, 0) is 19.2 Å². The molecule has 1 N–H and O–H groups in total. The number of thiophene rings is 1. The normalized spacial score (nSPS) is 18.6. The van der Waals surface area contributed by atoms with E-state index in [1.165, 1.54) is 5.56 Å². The van der Waals surface area contributed by atoms with Gasteiger partial charge in [0.1, 0.15) is 5.82 Å². The molecule has 0 spiro atoms. The summed E-state index contributed by atoms with van der Waals surface area (Å²) in [6.07, 6.45) is 2.07. The molecule has 2 aliphatic heterocycles. The average molecular weight is 414 g/mol. The first-order chi connectivity index (χ1) is 14.2. The Kier molecular flexibility index (Phi) is 5.21. The van der Waals surface area contributed by atoms with Crippen molar-refractivity contribution in [3.63, 3.8) is 0 Å². The number of nitrogens with zero attached hydrogens (tertiary/aromatic N) is 6. The van der Waals surface area contributed by atoms with Crippen LogP contribution in [0.1, 0.15) is 17.1 Å². The van der Waals surface area contributed by atoms with Crippen molar-refractivity contribution in [2.45, 2.75) is 20.4 Å². The van der Waals surface area contributed by atoms with E-state index < -0.39 is 0 Å². The van der Waals surface area contributed by atoms with Gasteiger partial charge >= 0.3 is 0 Å². The minimum absolute atomic E-state index is 0.719. The van der Waals surface area contributed by atoms with Crippen LogP contribution in [0.25, 0.3) is 16.0 Å². The van der Waals surface area contributed by atoms with E-state index >= 15 is 0 Å². The highest BCUT2D eigenvalue weighted by Crippen LogP contribution is 2.32. The Balaban J connectivity index is 1.61. The van der Waals surface area contributed by atoms with Crippen LogP contribution in [0.3, 0.4) is 0 Å². The van der Waals surface area contributed by atoms with Gasteiger partial charge in [-0.2, -0.15) is 4.98 Å². The van der Waals surface area contributed by atoms with Crippen LogP contribution >= 0.6 is 11.3 Å². The van der Waals surface area contributed by atoms with E-state index in [1.807, 2.05) is 13.8 Å². The lowest BCUT2D eigenvalue weighted by atomic mass is 10.2. The third kappa shape index (κ3) is 3.75. The zero-order valence-corrected chi connectivity index (χ0v) is 17.8. The number of aromatic nitrogens is 4. The number of anilines is 1. The number of ether oxygens (including phenoxy) is 1. The Labute approximate surface area is 174 Å². The minimum Gasteiger partial charge on any atom is -0.378 e. The standard InChI is InChI=1S/C20H27N7OS/c1-14-11-27(15(2)22-14)19-18-17(23-20(24-19)26-7-9-28-10-8-26)16(13-29-18)12-25-5-3-21-4-6-25/h11,13,21H,3-10,12H2,1-2H3. The molecule has 0 radical (unpaired) electrons. The molecule has 5 rings (SSSR count). The SMILES string of the molecule is Cc1cn(-c2nc(N3CCOCC3)nc3c(CN4CCNCC4)csc23)c(C)n1. The number of rotatable bonds is 4. The van der Waals surface area contributed by atoms with Crippen LogP contribution in [0.5, 0.6) is 0 Å². The minimum atomic E-state index is 0.719. The van der Waals surface area contributed by atoms with Crippen molar-refractivity contribution in [2.75, 3.05) is 57.4 Å². The number of hydrogen-bond donors (Lipinski definition) is 1. The summed E-state index contributed by atoms with van der Waals surface area (Å²) >= 11 is 1.74. The molecule has 0 saturated carbocycles. The van der Waals surface area contributed by atoms with Crippen LogP contribution in [0.2, 0.25) is 0 Å². The van der Waals surface area contributed by atoms with E-state index in [9.17, 15) is 0 Å². The third-order valence-corrected chi connectivity index (χ3v) is 6.60. The van der Waals surface area contributed by atoms with Crippen LogP contribution in [0, 0.1) is 13.8 Å². The van der Waals surface area contributed by atoms with E-state index in [0.717, 1.165) is 92.5 Å². The van der Waals surface area contributed by atoms with Crippen molar-refractivity contribution in [3.8, 4) is 5.82 Å². The van der Waals surface area contributed by atoms with Gasteiger partial charge in [0.25, 0.3) is 0 Å². The number of morpholine rings is 1. The van der Waals surface area contributed by atoms with E-state index in [-0.39, 0.29) is 0 Å². The van der Waals surface area contributed by atoms with Gasteiger partial charge in [0, 0.05) is 57.6 Å². The number of imidazole rings is 1.